The smallest absolute Gasteiger partial charge is 0.271 e. The van der Waals surface area contributed by atoms with E-state index >= 15 is 0 Å². The Balaban J connectivity index is 2.73. The van der Waals surface area contributed by atoms with Crippen LogP contribution in [0.1, 0.15) is 35.9 Å². The van der Waals surface area contributed by atoms with E-state index in [1.807, 2.05) is 0 Å². The number of unbranched alkanes of at least 4 members (excludes halogenated alkanes) is 1. The summed E-state index contributed by atoms with van der Waals surface area (Å²) in [5.41, 5.74) is 7.37. The van der Waals surface area contributed by atoms with Crippen LogP contribution in [-0.4, -0.2) is 22.2 Å². The molecule has 0 unspecified atom stereocenters. The van der Waals surface area contributed by atoms with E-state index in [4.69, 9.17) is 5.73 Å². The molecule has 0 atom stereocenters. The third-order valence-corrected chi connectivity index (χ3v) is 2.30. The Morgan fingerprint density at radius 2 is 2.27 bits per heavy atom. The van der Waals surface area contributed by atoms with Gasteiger partial charge >= 0.3 is 0 Å². The van der Waals surface area contributed by atoms with Gasteiger partial charge in [-0.3, -0.25) is 9.48 Å². The maximum absolute atomic E-state index is 11.7. The van der Waals surface area contributed by atoms with Gasteiger partial charge in [-0.25, -0.2) is 0 Å². The molecule has 5 heteroatoms. The van der Waals surface area contributed by atoms with Crippen LogP contribution in [0.2, 0.25) is 0 Å². The van der Waals surface area contributed by atoms with Crippen molar-refractivity contribution < 1.29 is 4.79 Å². The first-order chi connectivity index (χ1) is 7.07. The molecule has 0 fully saturated rings. The Bertz CT molecular complexity index is 357. The first-order valence-corrected chi connectivity index (χ1v) is 5.15. The molecule has 15 heavy (non-hydrogen) atoms. The number of nitrogens with two attached hydrogens (primary N) is 1. The van der Waals surface area contributed by atoms with Crippen molar-refractivity contribution in [3.05, 3.63) is 11.4 Å². The van der Waals surface area contributed by atoms with E-state index in [1.54, 1.807) is 14.0 Å². The van der Waals surface area contributed by atoms with Crippen molar-refractivity contribution in [3.8, 4) is 0 Å². The summed E-state index contributed by atoms with van der Waals surface area (Å²) < 4.78 is 1.52. The van der Waals surface area contributed by atoms with Gasteiger partial charge in [-0.1, -0.05) is 13.3 Å². The minimum absolute atomic E-state index is 0.149. The van der Waals surface area contributed by atoms with Crippen LogP contribution in [0.3, 0.4) is 0 Å². The number of amides is 1. The average Bonchev–Trinajstić information content (AvgIpc) is 2.41. The van der Waals surface area contributed by atoms with E-state index < -0.39 is 0 Å². The van der Waals surface area contributed by atoms with Gasteiger partial charge in [0.05, 0.1) is 11.4 Å². The minimum Gasteiger partial charge on any atom is -0.395 e. The number of carbonyl (C=O) groups is 1. The first-order valence-electron chi connectivity index (χ1n) is 5.15. The lowest BCUT2D eigenvalue weighted by Gasteiger charge is -2.05. The van der Waals surface area contributed by atoms with Gasteiger partial charge in [0, 0.05) is 13.6 Å². The third kappa shape index (κ3) is 2.49. The van der Waals surface area contributed by atoms with Crippen LogP contribution in [0, 0.1) is 6.92 Å². The van der Waals surface area contributed by atoms with Crippen molar-refractivity contribution in [1.29, 1.82) is 0 Å². The zero-order chi connectivity index (χ0) is 11.4. The number of nitrogen functional groups attached to an aromatic ring is 1. The first kappa shape index (κ1) is 11.6. The SMILES string of the molecule is CCCCNC(=O)c1c(N)c(C)nn1C. The van der Waals surface area contributed by atoms with Crippen molar-refractivity contribution in [1.82, 2.24) is 15.1 Å². The van der Waals surface area contributed by atoms with Gasteiger partial charge in [-0.15, -0.1) is 0 Å². The van der Waals surface area contributed by atoms with Crippen molar-refractivity contribution in [3.63, 3.8) is 0 Å². The fraction of sp³-hybridized carbons (Fsp3) is 0.600. The largest absolute Gasteiger partial charge is 0.395 e. The fourth-order valence-electron chi connectivity index (χ4n) is 1.41. The molecule has 5 nitrogen and oxygen atoms in total. The highest BCUT2D eigenvalue weighted by Gasteiger charge is 2.16. The Hall–Kier alpha value is -1.52. The number of hydrogen-bond acceptors (Lipinski definition) is 3. The topological polar surface area (TPSA) is 72.9 Å². The Morgan fingerprint density at radius 1 is 1.60 bits per heavy atom. The molecule has 0 saturated heterocycles. The van der Waals surface area contributed by atoms with E-state index in [9.17, 15) is 4.79 Å². The van der Waals surface area contributed by atoms with E-state index in [0.29, 0.717) is 23.6 Å². The number of anilines is 1. The number of nitrogens with one attached hydrogen (secondary N) is 1. The lowest BCUT2D eigenvalue weighted by molar-refractivity contribution is 0.0944. The fourth-order valence-corrected chi connectivity index (χ4v) is 1.41. The summed E-state index contributed by atoms with van der Waals surface area (Å²) in [5.74, 6) is -0.149. The molecule has 1 amide bonds. The molecule has 1 rings (SSSR count). The third-order valence-electron chi connectivity index (χ3n) is 2.30. The zero-order valence-electron chi connectivity index (χ0n) is 9.50. The second-order valence-electron chi connectivity index (χ2n) is 3.58. The molecule has 0 aliphatic heterocycles. The maximum atomic E-state index is 11.7. The highest BCUT2D eigenvalue weighted by molar-refractivity contribution is 5.97. The molecule has 0 bridgehead atoms. The number of hydrogen-bond donors (Lipinski definition) is 2. The standard InChI is InChI=1S/C10H18N4O/c1-4-5-6-12-10(15)9-8(11)7(2)13-14(9)3/h4-6,11H2,1-3H3,(H,12,15). The lowest BCUT2D eigenvalue weighted by Crippen LogP contribution is -2.27. The lowest BCUT2D eigenvalue weighted by atomic mass is 10.3. The van der Waals surface area contributed by atoms with Crippen LogP contribution < -0.4 is 11.1 Å². The molecule has 0 aliphatic carbocycles. The van der Waals surface area contributed by atoms with Crippen LogP contribution in [0.4, 0.5) is 5.69 Å². The van der Waals surface area contributed by atoms with Gasteiger partial charge in [-0.2, -0.15) is 5.10 Å². The summed E-state index contributed by atoms with van der Waals surface area (Å²) >= 11 is 0. The average molecular weight is 210 g/mol. The van der Waals surface area contributed by atoms with E-state index in [-0.39, 0.29) is 5.91 Å². The van der Waals surface area contributed by atoms with Gasteiger partial charge in [0.2, 0.25) is 0 Å². The Morgan fingerprint density at radius 3 is 2.73 bits per heavy atom. The summed E-state index contributed by atoms with van der Waals surface area (Å²) in [6.45, 7) is 4.55. The number of aromatic nitrogens is 2. The van der Waals surface area contributed by atoms with Crippen molar-refractivity contribution >= 4 is 11.6 Å². The van der Waals surface area contributed by atoms with Crippen LogP contribution in [0.25, 0.3) is 0 Å². The molecule has 3 N–H and O–H groups in total. The Labute approximate surface area is 89.6 Å². The molecule has 0 spiro atoms. The van der Waals surface area contributed by atoms with Crippen LogP contribution in [0.5, 0.6) is 0 Å². The highest BCUT2D eigenvalue weighted by Crippen LogP contribution is 2.14. The second-order valence-corrected chi connectivity index (χ2v) is 3.58. The summed E-state index contributed by atoms with van der Waals surface area (Å²) in [5, 5.41) is 6.91. The van der Waals surface area contributed by atoms with Gasteiger partial charge in [0.25, 0.3) is 5.91 Å². The van der Waals surface area contributed by atoms with Crippen molar-refractivity contribution in [2.45, 2.75) is 26.7 Å². The Kier molecular flexibility index (Phi) is 3.71. The molecule has 1 aromatic heterocycles. The van der Waals surface area contributed by atoms with Gasteiger partial charge in [0.15, 0.2) is 0 Å². The van der Waals surface area contributed by atoms with Crippen LogP contribution >= 0.6 is 0 Å². The van der Waals surface area contributed by atoms with E-state index in [1.165, 1.54) is 4.68 Å². The predicted octanol–water partition coefficient (Wildman–Crippen LogP) is 0.841. The monoisotopic (exact) mass is 210 g/mol. The van der Waals surface area contributed by atoms with E-state index in [0.717, 1.165) is 12.8 Å². The number of carbonyl (C=O) groups excluding carboxylic acids is 1. The molecule has 0 radical (unpaired) electrons. The van der Waals surface area contributed by atoms with Gasteiger partial charge in [-0.05, 0) is 13.3 Å². The second kappa shape index (κ2) is 4.82. The molecule has 84 valence electrons. The molecule has 0 aromatic carbocycles. The number of nitrogens with zero attached hydrogens (tertiary/aromatic N) is 2. The maximum Gasteiger partial charge on any atom is 0.271 e. The van der Waals surface area contributed by atoms with Gasteiger partial charge in [0.1, 0.15) is 5.69 Å². The quantitative estimate of drug-likeness (QED) is 0.723. The molecule has 1 aromatic rings. The van der Waals surface area contributed by atoms with Gasteiger partial charge < -0.3 is 11.1 Å². The molecular formula is C10H18N4O. The number of rotatable bonds is 4. The molecule has 0 aliphatic rings. The van der Waals surface area contributed by atoms with Crippen molar-refractivity contribution in [2.24, 2.45) is 7.05 Å². The summed E-state index contributed by atoms with van der Waals surface area (Å²) in [6.07, 6.45) is 2.03. The summed E-state index contributed by atoms with van der Waals surface area (Å²) in [6, 6.07) is 0. The number of aryl methyl sites for hydroxylation is 2. The molecule has 0 saturated carbocycles. The van der Waals surface area contributed by atoms with Crippen molar-refractivity contribution in [2.75, 3.05) is 12.3 Å². The summed E-state index contributed by atoms with van der Waals surface area (Å²) in [7, 11) is 1.72. The minimum atomic E-state index is -0.149. The molecule has 1 heterocycles. The van der Waals surface area contributed by atoms with Crippen LogP contribution in [-0.2, 0) is 7.05 Å². The van der Waals surface area contributed by atoms with E-state index in [2.05, 4.69) is 17.3 Å². The van der Waals surface area contributed by atoms with Crippen LogP contribution in [0.15, 0.2) is 0 Å². The summed E-state index contributed by atoms with van der Waals surface area (Å²) in [4.78, 5) is 11.7. The zero-order valence-corrected chi connectivity index (χ0v) is 9.50. The molecular weight excluding hydrogens is 192 g/mol. The predicted molar refractivity (Wildman–Crippen MR) is 59.6 cm³/mol. The normalized spacial score (nSPS) is 10.3. The highest BCUT2D eigenvalue weighted by atomic mass is 16.2.